The van der Waals surface area contributed by atoms with E-state index < -0.39 is 29.6 Å². The molecule has 1 aliphatic rings. The van der Waals surface area contributed by atoms with Crippen molar-refractivity contribution >= 4 is 17.3 Å². The summed E-state index contributed by atoms with van der Waals surface area (Å²) in [7, 11) is 0. The van der Waals surface area contributed by atoms with E-state index in [9.17, 15) is 22.4 Å². The molecule has 0 spiro atoms. The van der Waals surface area contributed by atoms with Crippen molar-refractivity contribution in [3.63, 3.8) is 0 Å². The van der Waals surface area contributed by atoms with Gasteiger partial charge in [0.05, 0.1) is 11.6 Å². The van der Waals surface area contributed by atoms with Crippen molar-refractivity contribution in [3.05, 3.63) is 83.2 Å². The highest BCUT2D eigenvalue weighted by atomic mass is 19.4. The Morgan fingerprint density at radius 3 is 2.62 bits per heavy atom. The van der Waals surface area contributed by atoms with Crippen LogP contribution in [0.3, 0.4) is 0 Å². The van der Waals surface area contributed by atoms with E-state index >= 15 is 0 Å². The van der Waals surface area contributed by atoms with E-state index in [1.165, 1.54) is 23.8 Å². The van der Waals surface area contributed by atoms with Gasteiger partial charge in [0, 0.05) is 35.6 Å². The molecule has 1 aromatic carbocycles. The Hall–Kier alpha value is -3.49. The van der Waals surface area contributed by atoms with Crippen LogP contribution in [0.15, 0.2) is 65.6 Å². The number of carbonyl (C=O) groups excluding carboxylic acids is 1. The molecule has 0 bridgehead atoms. The van der Waals surface area contributed by atoms with Crippen LogP contribution in [0, 0.1) is 5.82 Å². The number of aliphatic imine (C=N–C) groups is 1. The second-order valence-corrected chi connectivity index (χ2v) is 7.44. The number of nitrogens with zero attached hydrogens (tertiary/aromatic N) is 2. The lowest BCUT2D eigenvalue weighted by Crippen LogP contribution is -2.16. The van der Waals surface area contributed by atoms with Gasteiger partial charge in [-0.3, -0.25) is 14.8 Å². The molecule has 0 fully saturated rings. The van der Waals surface area contributed by atoms with Crippen LogP contribution in [0.1, 0.15) is 54.3 Å². The number of pyridine rings is 1. The maximum absolute atomic E-state index is 14.3. The van der Waals surface area contributed by atoms with Crippen LogP contribution in [0.2, 0.25) is 0 Å². The molecule has 32 heavy (non-hydrogen) atoms. The van der Waals surface area contributed by atoms with Gasteiger partial charge < -0.3 is 10.6 Å². The van der Waals surface area contributed by atoms with Gasteiger partial charge >= 0.3 is 6.18 Å². The van der Waals surface area contributed by atoms with Crippen LogP contribution in [0.4, 0.5) is 23.2 Å². The molecular formula is C23H22F4N4O. The summed E-state index contributed by atoms with van der Waals surface area (Å²) in [5.74, 6) is -1.12. The Labute approximate surface area is 183 Å². The van der Waals surface area contributed by atoms with Gasteiger partial charge in [0.2, 0.25) is 0 Å². The molecule has 2 N–H and O–H groups in total. The van der Waals surface area contributed by atoms with Crippen molar-refractivity contribution in [1.82, 2.24) is 10.3 Å². The molecule has 3 rings (SSSR count). The third-order valence-corrected chi connectivity index (χ3v) is 4.89. The number of hydrogen-bond acceptors (Lipinski definition) is 4. The van der Waals surface area contributed by atoms with E-state index in [0.717, 1.165) is 36.9 Å². The molecule has 0 saturated heterocycles. The van der Waals surface area contributed by atoms with Crippen molar-refractivity contribution in [1.29, 1.82) is 0 Å². The van der Waals surface area contributed by atoms with E-state index in [1.54, 1.807) is 19.3 Å². The summed E-state index contributed by atoms with van der Waals surface area (Å²) in [6, 6.07) is 5.40. The summed E-state index contributed by atoms with van der Waals surface area (Å²) in [6.45, 7) is 3.80. The molecule has 2 aromatic rings. The van der Waals surface area contributed by atoms with Gasteiger partial charge in [-0.2, -0.15) is 13.2 Å². The Kier molecular flexibility index (Phi) is 7.07. The first-order valence-electron chi connectivity index (χ1n) is 9.92. The Balaban J connectivity index is 1.65. The van der Waals surface area contributed by atoms with Crippen LogP contribution in [-0.2, 0) is 6.18 Å². The minimum absolute atomic E-state index is 0.0479. The third kappa shape index (κ3) is 6.03. The minimum atomic E-state index is -4.59. The lowest BCUT2D eigenvalue weighted by molar-refractivity contribution is -0.141. The summed E-state index contributed by atoms with van der Waals surface area (Å²) >= 11 is 0. The fraction of sp³-hybridized carbons (Fsp3) is 0.261. The number of carbonyl (C=O) groups is 1. The maximum Gasteiger partial charge on any atom is 0.433 e. The average molecular weight is 446 g/mol. The number of hydrogen-bond donors (Lipinski definition) is 2. The number of aromatic nitrogens is 1. The number of halogens is 4. The zero-order chi connectivity index (χ0) is 23.3. The summed E-state index contributed by atoms with van der Waals surface area (Å²) in [6.07, 6.45) is 3.43. The van der Waals surface area contributed by atoms with Gasteiger partial charge in [-0.05, 0) is 63.1 Å². The number of nitrogens with one attached hydrogen (secondary N) is 2. The molecule has 9 heteroatoms. The van der Waals surface area contributed by atoms with Gasteiger partial charge in [0.15, 0.2) is 0 Å². The van der Waals surface area contributed by atoms with Crippen molar-refractivity contribution in [3.8, 4) is 0 Å². The van der Waals surface area contributed by atoms with Crippen molar-refractivity contribution in [2.75, 3.05) is 5.32 Å². The van der Waals surface area contributed by atoms with Gasteiger partial charge in [0.1, 0.15) is 11.5 Å². The Bertz CT molecular complexity index is 1070. The predicted molar refractivity (Wildman–Crippen MR) is 115 cm³/mol. The number of anilines is 1. The SMILES string of the molecule is CC1=CC(=NC=CNC(C)c2cc(NC(=O)c3ccc(C(F)(F)F)nc3)ccc2F)CC1. The minimum Gasteiger partial charge on any atom is -0.383 e. The van der Waals surface area contributed by atoms with Crippen LogP contribution < -0.4 is 10.6 Å². The second kappa shape index (κ2) is 9.76. The van der Waals surface area contributed by atoms with Crippen molar-refractivity contribution < 1.29 is 22.4 Å². The van der Waals surface area contributed by atoms with Crippen LogP contribution in [0.5, 0.6) is 0 Å². The highest BCUT2D eigenvalue weighted by molar-refractivity contribution is 6.04. The van der Waals surface area contributed by atoms with E-state index in [-0.39, 0.29) is 5.56 Å². The monoisotopic (exact) mass is 446 g/mol. The summed E-state index contributed by atoms with van der Waals surface area (Å²) in [4.78, 5) is 19.9. The third-order valence-electron chi connectivity index (χ3n) is 4.89. The van der Waals surface area contributed by atoms with Gasteiger partial charge in [-0.25, -0.2) is 4.39 Å². The van der Waals surface area contributed by atoms with Gasteiger partial charge in [-0.1, -0.05) is 5.57 Å². The Morgan fingerprint density at radius 1 is 1.22 bits per heavy atom. The molecule has 168 valence electrons. The van der Waals surface area contributed by atoms with Gasteiger partial charge in [-0.15, -0.1) is 0 Å². The maximum atomic E-state index is 14.3. The molecular weight excluding hydrogens is 424 g/mol. The highest BCUT2D eigenvalue weighted by Crippen LogP contribution is 2.27. The molecule has 5 nitrogen and oxygen atoms in total. The molecule has 1 atom stereocenters. The lowest BCUT2D eigenvalue weighted by atomic mass is 10.1. The first kappa shape index (κ1) is 23.2. The molecule has 1 heterocycles. The first-order chi connectivity index (χ1) is 15.1. The van der Waals surface area contributed by atoms with E-state index in [4.69, 9.17) is 0 Å². The van der Waals surface area contributed by atoms with E-state index in [0.29, 0.717) is 11.3 Å². The zero-order valence-electron chi connectivity index (χ0n) is 17.5. The summed E-state index contributed by atoms with van der Waals surface area (Å²) < 4.78 is 52.1. The predicted octanol–water partition coefficient (Wildman–Crippen LogP) is 5.79. The zero-order valence-corrected chi connectivity index (χ0v) is 17.5. The second-order valence-electron chi connectivity index (χ2n) is 7.44. The number of benzene rings is 1. The summed E-state index contributed by atoms with van der Waals surface area (Å²) in [5.41, 5.74) is 1.75. The standard InChI is InChI=1S/C23H22F4N4O/c1-14-3-5-17(11-14)29-10-9-28-15(2)19-12-18(6-7-20(19)24)31-22(32)16-4-8-21(30-13-16)23(25,26)27/h4,6-13,15,28H,3,5H2,1-2H3,(H,31,32). The van der Waals surface area contributed by atoms with Crippen LogP contribution in [-0.4, -0.2) is 16.6 Å². The lowest BCUT2D eigenvalue weighted by Gasteiger charge is -2.15. The Morgan fingerprint density at radius 2 is 2.00 bits per heavy atom. The van der Waals surface area contributed by atoms with Crippen LogP contribution in [0.25, 0.3) is 0 Å². The molecule has 1 aromatic heterocycles. The van der Waals surface area contributed by atoms with Crippen LogP contribution >= 0.6 is 0 Å². The number of rotatable bonds is 6. The van der Waals surface area contributed by atoms with Gasteiger partial charge in [0.25, 0.3) is 5.91 Å². The molecule has 1 aliphatic carbocycles. The number of alkyl halides is 3. The molecule has 0 aliphatic heterocycles. The molecule has 1 amide bonds. The van der Waals surface area contributed by atoms with E-state index in [1.807, 2.05) is 6.08 Å². The van der Waals surface area contributed by atoms with E-state index in [2.05, 4.69) is 27.5 Å². The largest absolute Gasteiger partial charge is 0.433 e. The summed E-state index contributed by atoms with van der Waals surface area (Å²) in [5, 5.41) is 5.58. The molecule has 1 unspecified atom stereocenters. The first-order valence-corrected chi connectivity index (χ1v) is 9.92. The average Bonchev–Trinajstić information content (AvgIpc) is 3.17. The molecule has 0 saturated carbocycles. The quantitative estimate of drug-likeness (QED) is 0.552. The fourth-order valence-corrected chi connectivity index (χ4v) is 3.12. The topological polar surface area (TPSA) is 66.4 Å². The highest BCUT2D eigenvalue weighted by Gasteiger charge is 2.32. The molecule has 0 radical (unpaired) electrons. The number of allylic oxidation sites excluding steroid dienone is 2. The van der Waals surface area contributed by atoms with Crippen molar-refractivity contribution in [2.45, 2.75) is 38.9 Å². The van der Waals surface area contributed by atoms with Crippen molar-refractivity contribution in [2.24, 2.45) is 4.99 Å². The fourth-order valence-electron chi connectivity index (χ4n) is 3.12. The smallest absolute Gasteiger partial charge is 0.383 e. The normalized spacial score (nSPS) is 16.3. The number of amides is 1.